The van der Waals surface area contributed by atoms with Crippen molar-refractivity contribution in [1.29, 1.82) is 0 Å². The van der Waals surface area contributed by atoms with Crippen molar-refractivity contribution in [3.05, 3.63) is 53.4 Å². The van der Waals surface area contributed by atoms with E-state index in [2.05, 4.69) is 53.3 Å². The number of thiophene rings is 1. The van der Waals surface area contributed by atoms with E-state index in [1.165, 1.54) is 15.8 Å². The van der Waals surface area contributed by atoms with Crippen LogP contribution >= 0.6 is 11.3 Å². The fourth-order valence-corrected chi connectivity index (χ4v) is 6.60. The third-order valence-electron chi connectivity index (χ3n) is 8.12. The van der Waals surface area contributed by atoms with Crippen LogP contribution in [0.3, 0.4) is 0 Å². The number of benzene rings is 2. The number of aliphatic hydroxyl groups excluding tert-OH is 1. The minimum atomic E-state index is -1.38. The molecule has 0 bridgehead atoms. The summed E-state index contributed by atoms with van der Waals surface area (Å²) in [6, 6.07) is 14.8. The van der Waals surface area contributed by atoms with Crippen LogP contribution in [0, 0.1) is 5.92 Å². The average Bonchev–Trinajstić information content (AvgIpc) is 3.45. The Morgan fingerprint density at radius 2 is 1.81 bits per heavy atom. The Morgan fingerprint density at radius 1 is 1.00 bits per heavy atom. The topological polar surface area (TPSA) is 74.7 Å². The molecule has 2 aromatic carbocycles. The van der Waals surface area contributed by atoms with Crippen LogP contribution in [0.2, 0.25) is 0 Å². The zero-order chi connectivity index (χ0) is 29.7. The first-order valence-corrected chi connectivity index (χ1v) is 16.0. The molecule has 5 rings (SSSR count). The number of piperazine rings is 1. The van der Waals surface area contributed by atoms with E-state index in [0.717, 1.165) is 62.6 Å². The highest BCUT2D eigenvalue weighted by atomic mass is 32.1. The number of aliphatic hydroxyl groups is 1. The summed E-state index contributed by atoms with van der Waals surface area (Å²) in [7, 11) is 0. The molecule has 1 aromatic heterocycles. The largest absolute Gasteiger partial charge is 0.494 e. The monoisotopic (exact) mass is 595 g/mol. The van der Waals surface area contributed by atoms with Crippen LogP contribution < -0.4 is 14.5 Å². The van der Waals surface area contributed by atoms with Gasteiger partial charge in [-0.15, -0.1) is 11.3 Å². The third kappa shape index (κ3) is 7.44. The minimum Gasteiger partial charge on any atom is -0.494 e. The fraction of sp³-hybridized carbons (Fsp3) is 0.545. The number of fused-ring (bicyclic) bond motifs is 2. The first-order chi connectivity index (χ1) is 20.2. The van der Waals surface area contributed by atoms with E-state index in [1.807, 2.05) is 32.0 Å². The number of nitrogens with zero attached hydrogens (tertiary/aromatic N) is 3. The predicted octanol–water partition coefficient (Wildman–Crippen LogP) is 5.82. The molecule has 1 atom stereocenters. The third-order valence-corrected chi connectivity index (χ3v) is 9.01. The molecule has 8 nitrogen and oxygen atoms in total. The van der Waals surface area contributed by atoms with Crippen molar-refractivity contribution in [2.75, 3.05) is 62.5 Å². The molecule has 0 saturated carbocycles. The second-order valence-corrected chi connectivity index (χ2v) is 13.3. The van der Waals surface area contributed by atoms with Crippen molar-refractivity contribution in [3.8, 4) is 5.75 Å². The number of hydrogen-bond donors (Lipinski definition) is 1. The number of ether oxygens (including phenoxy) is 3. The van der Waals surface area contributed by atoms with Gasteiger partial charge in [-0.25, -0.2) is 0 Å². The molecule has 228 valence electrons. The molecular formula is C33H45N3O5S. The van der Waals surface area contributed by atoms with Crippen molar-refractivity contribution in [2.45, 2.75) is 58.8 Å². The first kappa shape index (κ1) is 30.8. The molecule has 1 amide bonds. The summed E-state index contributed by atoms with van der Waals surface area (Å²) in [5, 5.41) is 13.6. The van der Waals surface area contributed by atoms with Crippen molar-refractivity contribution >= 4 is 38.7 Å². The van der Waals surface area contributed by atoms with Gasteiger partial charge in [0.25, 0.3) is 6.48 Å². The van der Waals surface area contributed by atoms with Crippen LogP contribution in [0.15, 0.2) is 47.8 Å². The molecule has 2 aliphatic heterocycles. The molecule has 1 saturated heterocycles. The Balaban J connectivity index is 1.09. The van der Waals surface area contributed by atoms with Crippen LogP contribution in [0.1, 0.15) is 52.5 Å². The highest BCUT2D eigenvalue weighted by Crippen LogP contribution is 2.42. The molecule has 0 radical (unpaired) electrons. The number of anilines is 2. The molecule has 42 heavy (non-hydrogen) atoms. The lowest BCUT2D eigenvalue weighted by Gasteiger charge is -2.38. The molecule has 9 heteroatoms. The zero-order valence-corrected chi connectivity index (χ0v) is 26.2. The Bertz CT molecular complexity index is 1330. The number of unbranched alkanes of at least 4 members (excludes halogenated alkanes) is 1. The van der Waals surface area contributed by atoms with Crippen molar-refractivity contribution < 1.29 is 24.1 Å². The summed E-state index contributed by atoms with van der Waals surface area (Å²) in [4.78, 5) is 19.7. The van der Waals surface area contributed by atoms with Crippen molar-refractivity contribution in [1.82, 2.24) is 4.90 Å². The number of rotatable bonds is 13. The van der Waals surface area contributed by atoms with E-state index >= 15 is 0 Å². The van der Waals surface area contributed by atoms with Crippen LogP contribution in [0.4, 0.5) is 11.4 Å². The lowest BCUT2D eigenvalue weighted by atomic mass is 9.77. The number of carbonyl (C=O) groups excluding carboxylic acids is 1. The van der Waals surface area contributed by atoms with Crippen LogP contribution in [0.25, 0.3) is 10.1 Å². The van der Waals surface area contributed by atoms with E-state index in [1.54, 1.807) is 16.2 Å². The summed E-state index contributed by atoms with van der Waals surface area (Å²) in [5.41, 5.74) is 2.89. The molecule has 0 aliphatic carbocycles. The van der Waals surface area contributed by atoms with Gasteiger partial charge in [0.15, 0.2) is 0 Å². The summed E-state index contributed by atoms with van der Waals surface area (Å²) in [5.74, 6) is 0.952. The van der Waals surface area contributed by atoms with E-state index < -0.39 is 6.48 Å². The van der Waals surface area contributed by atoms with Crippen LogP contribution in [-0.2, 0) is 19.7 Å². The Hall–Kier alpha value is -2.69. The second kappa shape index (κ2) is 13.7. The Labute approximate surface area is 253 Å². The SMILES string of the molecule is CC(C)COC(O)OCN1C(=O)CC(C)(C)c2ccc(OCCCCN3CCN(c4cccc5sccc45)CC3)cc21. The summed E-state index contributed by atoms with van der Waals surface area (Å²) >= 11 is 1.81. The van der Waals surface area contributed by atoms with Crippen LogP contribution in [0.5, 0.6) is 5.75 Å². The van der Waals surface area contributed by atoms with E-state index in [0.29, 0.717) is 19.6 Å². The molecule has 3 aromatic rings. The second-order valence-electron chi connectivity index (χ2n) is 12.4. The Kier molecular flexibility index (Phi) is 10.1. The van der Waals surface area contributed by atoms with Gasteiger partial charge in [-0.05, 0) is 60.5 Å². The maximum Gasteiger partial charge on any atom is 0.270 e. The minimum absolute atomic E-state index is 0.0483. The lowest BCUT2D eigenvalue weighted by molar-refractivity contribution is -0.265. The molecular weight excluding hydrogens is 550 g/mol. The quantitative estimate of drug-likeness (QED) is 0.197. The zero-order valence-electron chi connectivity index (χ0n) is 25.4. The molecule has 3 heterocycles. The Morgan fingerprint density at radius 3 is 2.60 bits per heavy atom. The molecule has 0 spiro atoms. The first-order valence-electron chi connectivity index (χ1n) is 15.1. The number of carbonyl (C=O) groups is 1. The van der Waals surface area contributed by atoms with Gasteiger partial charge in [-0.2, -0.15) is 0 Å². The maximum absolute atomic E-state index is 13.0. The highest BCUT2D eigenvalue weighted by molar-refractivity contribution is 7.17. The van der Waals surface area contributed by atoms with E-state index in [9.17, 15) is 9.90 Å². The average molecular weight is 596 g/mol. The number of amides is 1. The van der Waals surface area contributed by atoms with Gasteiger partial charge < -0.3 is 24.2 Å². The van der Waals surface area contributed by atoms with Gasteiger partial charge >= 0.3 is 0 Å². The van der Waals surface area contributed by atoms with Crippen molar-refractivity contribution in [3.63, 3.8) is 0 Å². The highest BCUT2D eigenvalue weighted by Gasteiger charge is 2.37. The lowest BCUT2D eigenvalue weighted by Crippen LogP contribution is -2.46. The molecule has 1 N–H and O–H groups in total. The standard InChI is InChI=1S/C33H45N3O5S/c1-24(2)22-40-32(38)41-23-36-29-20-25(10-11-27(29)33(3,4)21-31(36)37)39-18-6-5-13-34-14-16-35(17-15-34)28-8-7-9-30-26(28)12-19-42-30/h7-12,19-20,24,32,38H,5-6,13-18,21-23H2,1-4H3. The fourth-order valence-electron chi connectivity index (χ4n) is 5.80. The normalized spacial score (nSPS) is 18.1. The predicted molar refractivity (Wildman–Crippen MR) is 170 cm³/mol. The molecule has 2 aliphatic rings. The van der Waals surface area contributed by atoms with Crippen LogP contribution in [-0.4, -0.2) is 75.1 Å². The van der Waals surface area contributed by atoms with Gasteiger partial charge in [0, 0.05) is 59.9 Å². The van der Waals surface area contributed by atoms with Gasteiger partial charge in [-0.3, -0.25) is 14.6 Å². The van der Waals surface area contributed by atoms with E-state index in [4.69, 9.17) is 14.2 Å². The smallest absolute Gasteiger partial charge is 0.270 e. The summed E-state index contributed by atoms with van der Waals surface area (Å²) in [6.07, 6.45) is 2.40. The number of hydrogen-bond acceptors (Lipinski definition) is 8. The van der Waals surface area contributed by atoms with Gasteiger partial charge in [0.05, 0.1) is 18.9 Å². The van der Waals surface area contributed by atoms with Gasteiger partial charge in [0.2, 0.25) is 5.91 Å². The van der Waals surface area contributed by atoms with Gasteiger partial charge in [0.1, 0.15) is 12.5 Å². The van der Waals surface area contributed by atoms with E-state index in [-0.39, 0.29) is 24.0 Å². The summed E-state index contributed by atoms with van der Waals surface area (Å²) < 4.78 is 18.3. The summed E-state index contributed by atoms with van der Waals surface area (Å²) in [6.45, 7) is 13.0. The molecule has 1 unspecified atom stereocenters. The molecule has 1 fully saturated rings. The van der Waals surface area contributed by atoms with Gasteiger partial charge in [-0.1, -0.05) is 39.8 Å². The van der Waals surface area contributed by atoms with Crippen molar-refractivity contribution in [2.24, 2.45) is 5.92 Å². The maximum atomic E-state index is 13.0.